The lowest BCUT2D eigenvalue weighted by atomic mass is 10.4. The quantitative estimate of drug-likeness (QED) is 0.655. The smallest absolute Gasteiger partial charge is 0.181 e. The fourth-order valence-electron chi connectivity index (χ4n) is 1.10. The molecule has 4 heteroatoms. The van der Waals surface area contributed by atoms with E-state index in [9.17, 15) is 4.79 Å². The van der Waals surface area contributed by atoms with Crippen molar-refractivity contribution < 1.29 is 4.74 Å². The molecule has 0 amide bonds. The molecule has 0 aliphatic carbocycles. The molecule has 1 heterocycles. The molecule has 0 aromatic carbocycles. The van der Waals surface area contributed by atoms with Gasteiger partial charge >= 0.3 is 0 Å². The molecule has 78 valence electrons. The summed E-state index contributed by atoms with van der Waals surface area (Å²) in [5.74, 6) is 0. The van der Waals surface area contributed by atoms with Crippen molar-refractivity contribution in [2.75, 3.05) is 26.8 Å². The molecule has 0 spiro atoms. The first-order valence-electron chi connectivity index (χ1n) is 4.68. The van der Waals surface area contributed by atoms with E-state index in [-0.39, 0.29) is 5.43 Å². The van der Waals surface area contributed by atoms with Gasteiger partial charge in [-0.2, -0.15) is 0 Å². The third-order valence-electron chi connectivity index (χ3n) is 1.89. The van der Waals surface area contributed by atoms with Crippen molar-refractivity contribution in [3.05, 3.63) is 34.7 Å². The first-order chi connectivity index (χ1) is 6.83. The highest BCUT2D eigenvalue weighted by Gasteiger charge is 1.89. The number of nitrogens with zero attached hydrogens (tertiary/aromatic N) is 1. The molecule has 1 aromatic heterocycles. The standard InChI is InChI=1S/C10H16N2O2/c1-14-9-5-11-4-8-12-6-2-10(13)3-7-12/h2-3,6-7,11H,4-5,8-9H2,1H3. The summed E-state index contributed by atoms with van der Waals surface area (Å²) in [6, 6.07) is 3.13. The monoisotopic (exact) mass is 196 g/mol. The minimum atomic E-state index is 0.0496. The summed E-state index contributed by atoms with van der Waals surface area (Å²) < 4.78 is 6.87. The van der Waals surface area contributed by atoms with Crippen molar-refractivity contribution in [2.45, 2.75) is 6.54 Å². The molecule has 0 unspecified atom stereocenters. The summed E-state index contributed by atoms with van der Waals surface area (Å²) in [5, 5.41) is 3.23. The molecule has 1 N–H and O–H groups in total. The van der Waals surface area contributed by atoms with Crippen LogP contribution in [0, 0.1) is 0 Å². The fraction of sp³-hybridized carbons (Fsp3) is 0.500. The van der Waals surface area contributed by atoms with Gasteiger partial charge in [0, 0.05) is 51.3 Å². The Balaban J connectivity index is 2.18. The van der Waals surface area contributed by atoms with Crippen LogP contribution in [0.15, 0.2) is 29.3 Å². The van der Waals surface area contributed by atoms with Gasteiger partial charge in [0.05, 0.1) is 6.61 Å². The zero-order valence-electron chi connectivity index (χ0n) is 8.40. The average molecular weight is 196 g/mol. The van der Waals surface area contributed by atoms with Gasteiger partial charge in [0.2, 0.25) is 0 Å². The maximum atomic E-state index is 10.8. The van der Waals surface area contributed by atoms with Crippen LogP contribution in [0.25, 0.3) is 0 Å². The van der Waals surface area contributed by atoms with Crippen molar-refractivity contribution in [1.82, 2.24) is 9.88 Å². The molecule has 0 bridgehead atoms. The van der Waals surface area contributed by atoms with E-state index in [1.807, 2.05) is 4.57 Å². The maximum absolute atomic E-state index is 10.8. The van der Waals surface area contributed by atoms with E-state index in [1.165, 1.54) is 0 Å². The summed E-state index contributed by atoms with van der Waals surface area (Å²) in [4.78, 5) is 10.8. The van der Waals surface area contributed by atoms with E-state index in [2.05, 4.69) is 5.32 Å². The zero-order chi connectivity index (χ0) is 10.2. The van der Waals surface area contributed by atoms with Gasteiger partial charge in [-0.1, -0.05) is 0 Å². The molecule has 0 saturated carbocycles. The van der Waals surface area contributed by atoms with Crippen LogP contribution in [-0.4, -0.2) is 31.4 Å². The molecule has 0 aliphatic heterocycles. The molecule has 0 saturated heterocycles. The van der Waals surface area contributed by atoms with Crippen LogP contribution in [0.5, 0.6) is 0 Å². The van der Waals surface area contributed by atoms with E-state index < -0.39 is 0 Å². The minimum Gasteiger partial charge on any atom is -0.383 e. The number of hydrogen-bond acceptors (Lipinski definition) is 3. The van der Waals surface area contributed by atoms with Crippen LogP contribution in [0.4, 0.5) is 0 Å². The highest BCUT2D eigenvalue weighted by molar-refractivity contribution is 4.93. The van der Waals surface area contributed by atoms with E-state index in [4.69, 9.17) is 4.74 Å². The number of aromatic nitrogens is 1. The maximum Gasteiger partial charge on any atom is 0.181 e. The summed E-state index contributed by atoms with van der Waals surface area (Å²) in [7, 11) is 1.68. The number of pyridine rings is 1. The number of rotatable bonds is 6. The van der Waals surface area contributed by atoms with Crippen molar-refractivity contribution in [3.63, 3.8) is 0 Å². The Morgan fingerprint density at radius 2 is 2.07 bits per heavy atom. The van der Waals surface area contributed by atoms with Crippen LogP contribution in [0.3, 0.4) is 0 Å². The van der Waals surface area contributed by atoms with Gasteiger partial charge in [-0.05, 0) is 0 Å². The summed E-state index contributed by atoms with van der Waals surface area (Å²) in [6.45, 7) is 3.33. The van der Waals surface area contributed by atoms with Crippen LogP contribution in [0.2, 0.25) is 0 Å². The first-order valence-corrected chi connectivity index (χ1v) is 4.68. The number of hydrogen-bond donors (Lipinski definition) is 1. The molecule has 4 nitrogen and oxygen atoms in total. The summed E-state index contributed by atoms with van der Waals surface area (Å²) >= 11 is 0. The molecular weight excluding hydrogens is 180 g/mol. The van der Waals surface area contributed by atoms with Crippen LogP contribution >= 0.6 is 0 Å². The van der Waals surface area contributed by atoms with Gasteiger partial charge in [0.1, 0.15) is 0 Å². The summed E-state index contributed by atoms with van der Waals surface area (Å²) in [6.07, 6.45) is 3.58. The Morgan fingerprint density at radius 1 is 1.36 bits per heavy atom. The third-order valence-corrected chi connectivity index (χ3v) is 1.89. The molecule has 14 heavy (non-hydrogen) atoms. The number of ether oxygens (including phenoxy) is 1. The average Bonchev–Trinajstić information content (AvgIpc) is 2.21. The lowest BCUT2D eigenvalue weighted by Crippen LogP contribution is -2.23. The van der Waals surface area contributed by atoms with E-state index in [0.29, 0.717) is 0 Å². The third kappa shape index (κ3) is 4.20. The highest BCUT2D eigenvalue weighted by Crippen LogP contribution is 1.82. The lowest BCUT2D eigenvalue weighted by Gasteiger charge is -2.06. The molecule has 0 atom stereocenters. The SMILES string of the molecule is COCCNCCn1ccc(=O)cc1. The van der Waals surface area contributed by atoms with Gasteiger partial charge < -0.3 is 14.6 Å². The highest BCUT2D eigenvalue weighted by atomic mass is 16.5. The fourth-order valence-corrected chi connectivity index (χ4v) is 1.10. The zero-order valence-corrected chi connectivity index (χ0v) is 8.40. The van der Waals surface area contributed by atoms with Crippen LogP contribution in [-0.2, 0) is 11.3 Å². The predicted octanol–water partition coefficient (Wildman–Crippen LogP) is 0.0843. The molecule has 1 rings (SSSR count). The van der Waals surface area contributed by atoms with Crippen molar-refractivity contribution in [2.24, 2.45) is 0 Å². The normalized spacial score (nSPS) is 10.4. The molecule has 0 aliphatic rings. The van der Waals surface area contributed by atoms with Crippen molar-refractivity contribution in [3.8, 4) is 0 Å². The predicted molar refractivity (Wildman–Crippen MR) is 55.4 cm³/mol. The molecule has 0 radical (unpaired) electrons. The van der Waals surface area contributed by atoms with Gasteiger partial charge in [-0.15, -0.1) is 0 Å². The van der Waals surface area contributed by atoms with E-state index in [1.54, 1.807) is 31.6 Å². The Kier molecular flexibility index (Phi) is 4.96. The second-order valence-electron chi connectivity index (χ2n) is 3.01. The second-order valence-corrected chi connectivity index (χ2v) is 3.01. The second kappa shape index (κ2) is 6.34. The summed E-state index contributed by atoms with van der Waals surface area (Å²) in [5.41, 5.74) is 0.0496. The van der Waals surface area contributed by atoms with Crippen LogP contribution < -0.4 is 10.7 Å². The molecular formula is C10H16N2O2. The van der Waals surface area contributed by atoms with Gasteiger partial charge in [0.15, 0.2) is 5.43 Å². The lowest BCUT2D eigenvalue weighted by molar-refractivity contribution is 0.199. The van der Waals surface area contributed by atoms with Crippen LogP contribution in [0.1, 0.15) is 0 Å². The topological polar surface area (TPSA) is 43.3 Å². The van der Waals surface area contributed by atoms with Crippen molar-refractivity contribution >= 4 is 0 Å². The Labute approximate surface area is 83.5 Å². The molecule has 1 aromatic rings. The van der Waals surface area contributed by atoms with E-state index >= 15 is 0 Å². The Hall–Kier alpha value is -1.13. The van der Waals surface area contributed by atoms with E-state index in [0.717, 1.165) is 26.2 Å². The number of nitrogens with one attached hydrogen (secondary N) is 1. The van der Waals surface area contributed by atoms with Gasteiger partial charge in [-0.25, -0.2) is 0 Å². The minimum absolute atomic E-state index is 0.0496. The van der Waals surface area contributed by atoms with Gasteiger partial charge in [-0.3, -0.25) is 4.79 Å². The Morgan fingerprint density at radius 3 is 2.71 bits per heavy atom. The van der Waals surface area contributed by atoms with Gasteiger partial charge in [0.25, 0.3) is 0 Å². The number of methoxy groups -OCH3 is 1. The Bertz CT molecular complexity index is 289. The largest absolute Gasteiger partial charge is 0.383 e. The molecule has 0 fully saturated rings. The first kappa shape index (κ1) is 10.9. The van der Waals surface area contributed by atoms with Crippen molar-refractivity contribution in [1.29, 1.82) is 0 Å².